The van der Waals surface area contributed by atoms with Crippen LogP contribution in [-0.2, 0) is 30.7 Å². The smallest absolute Gasteiger partial charge is 0.310 e. The van der Waals surface area contributed by atoms with Crippen molar-refractivity contribution >= 4 is 32.6 Å². The van der Waals surface area contributed by atoms with Crippen LogP contribution in [-0.4, -0.2) is 49.5 Å². The van der Waals surface area contributed by atoms with Gasteiger partial charge in [-0.3, -0.25) is 9.59 Å². The van der Waals surface area contributed by atoms with Gasteiger partial charge in [-0.25, -0.2) is 8.42 Å². The maximum atomic E-state index is 13.3. The molecule has 0 aliphatic carbocycles. The van der Waals surface area contributed by atoms with Crippen molar-refractivity contribution in [3.8, 4) is 0 Å². The maximum Gasteiger partial charge on any atom is 0.310 e. The lowest BCUT2D eigenvalue weighted by atomic mass is 9.98. The van der Waals surface area contributed by atoms with Crippen molar-refractivity contribution in [3.05, 3.63) is 60.8 Å². The third kappa shape index (κ3) is 4.27. The molecule has 1 amide bonds. The maximum absolute atomic E-state index is 13.3. The summed E-state index contributed by atoms with van der Waals surface area (Å²) in [7, 11) is -3.74. The summed E-state index contributed by atoms with van der Waals surface area (Å²) >= 11 is 0. The average Bonchev–Trinajstić information content (AvgIpc) is 3.19. The number of hydrogen-bond donors (Lipinski definition) is 0. The lowest BCUT2D eigenvalue weighted by molar-refractivity contribution is -0.151. The molecule has 0 N–H and O–H groups in total. The van der Waals surface area contributed by atoms with Crippen molar-refractivity contribution in [2.24, 2.45) is 5.92 Å². The Kier molecular flexibility index (Phi) is 6.32. The van der Waals surface area contributed by atoms with Crippen LogP contribution in [0.1, 0.15) is 19.8 Å². The van der Waals surface area contributed by atoms with E-state index in [0.717, 1.165) is 6.42 Å². The van der Waals surface area contributed by atoms with Crippen LogP contribution in [0.4, 0.5) is 0 Å². The first kappa shape index (κ1) is 22.1. The molecule has 1 aliphatic heterocycles. The van der Waals surface area contributed by atoms with Gasteiger partial charge in [0, 0.05) is 30.2 Å². The number of esters is 1. The molecule has 1 saturated heterocycles. The quantitative estimate of drug-likeness (QED) is 0.534. The number of benzene rings is 2. The molecule has 7 nitrogen and oxygen atoms in total. The van der Waals surface area contributed by atoms with Gasteiger partial charge in [-0.15, -0.1) is 0 Å². The van der Waals surface area contributed by atoms with E-state index >= 15 is 0 Å². The van der Waals surface area contributed by atoms with Crippen molar-refractivity contribution < 1.29 is 22.7 Å². The molecule has 0 bridgehead atoms. The zero-order valence-electron chi connectivity index (χ0n) is 17.9. The summed E-state index contributed by atoms with van der Waals surface area (Å²) < 4.78 is 33.3. The van der Waals surface area contributed by atoms with E-state index in [2.05, 4.69) is 0 Å². The highest BCUT2D eigenvalue weighted by atomic mass is 32.2. The molecule has 1 aromatic heterocycles. The first-order valence-electron chi connectivity index (χ1n) is 10.7. The van der Waals surface area contributed by atoms with Crippen molar-refractivity contribution in [1.29, 1.82) is 0 Å². The van der Waals surface area contributed by atoms with Crippen LogP contribution in [0, 0.1) is 5.92 Å². The average molecular weight is 455 g/mol. The van der Waals surface area contributed by atoms with Gasteiger partial charge in [0.05, 0.1) is 22.3 Å². The Hall–Kier alpha value is -3.13. The monoisotopic (exact) mass is 454 g/mol. The van der Waals surface area contributed by atoms with Crippen LogP contribution >= 0.6 is 0 Å². The lowest BCUT2D eigenvalue weighted by Crippen LogP contribution is -2.44. The fourth-order valence-corrected chi connectivity index (χ4v) is 5.68. The van der Waals surface area contributed by atoms with E-state index in [-0.39, 0.29) is 34.1 Å². The summed E-state index contributed by atoms with van der Waals surface area (Å²) in [6.07, 6.45) is 2.97. The van der Waals surface area contributed by atoms with Gasteiger partial charge < -0.3 is 14.2 Å². The van der Waals surface area contributed by atoms with Gasteiger partial charge in [0.2, 0.25) is 15.7 Å². The minimum atomic E-state index is -3.74. The number of carbonyl (C=O) groups is 2. The standard InChI is InChI=1S/C24H26N2O5S/c1-2-31-24(28)18-9-8-14-25(15-18)23(27)17-26-16-22(20-12-6-7-13-21(20)26)32(29,30)19-10-4-3-5-11-19/h3-7,10-13,16,18H,2,8-9,14-15,17H2,1H3. The highest BCUT2D eigenvalue weighted by Gasteiger charge is 2.30. The summed E-state index contributed by atoms with van der Waals surface area (Å²) in [6.45, 7) is 2.98. The van der Waals surface area contributed by atoms with Crippen LogP contribution in [0.5, 0.6) is 0 Å². The number of fused-ring (bicyclic) bond motifs is 1. The second-order valence-electron chi connectivity index (χ2n) is 7.89. The van der Waals surface area contributed by atoms with Crippen molar-refractivity contribution in [3.63, 3.8) is 0 Å². The van der Waals surface area contributed by atoms with E-state index in [9.17, 15) is 18.0 Å². The Bertz CT molecular complexity index is 1230. The van der Waals surface area contributed by atoms with Crippen LogP contribution in [0.15, 0.2) is 70.6 Å². The van der Waals surface area contributed by atoms with Gasteiger partial charge >= 0.3 is 5.97 Å². The highest BCUT2D eigenvalue weighted by Crippen LogP contribution is 2.30. The number of carbonyl (C=O) groups excluding carboxylic acids is 2. The van der Waals surface area contributed by atoms with Crippen molar-refractivity contribution in [2.75, 3.05) is 19.7 Å². The molecule has 3 aromatic rings. The van der Waals surface area contributed by atoms with Crippen LogP contribution in [0.3, 0.4) is 0 Å². The van der Waals surface area contributed by atoms with Crippen molar-refractivity contribution in [1.82, 2.24) is 9.47 Å². The van der Waals surface area contributed by atoms with E-state index < -0.39 is 9.84 Å². The Morgan fingerprint density at radius 3 is 2.53 bits per heavy atom. The fraction of sp³-hybridized carbons (Fsp3) is 0.333. The summed E-state index contributed by atoms with van der Waals surface area (Å²) in [4.78, 5) is 27.2. The largest absolute Gasteiger partial charge is 0.466 e. The molecule has 1 aliphatic rings. The number of hydrogen-bond acceptors (Lipinski definition) is 5. The molecule has 168 valence electrons. The molecule has 2 aromatic carbocycles. The summed E-state index contributed by atoms with van der Waals surface area (Å²) in [5, 5.41) is 0.576. The van der Waals surface area contributed by atoms with Gasteiger partial charge in [0.15, 0.2) is 0 Å². The Labute approximate surface area is 187 Å². The molecular formula is C24H26N2O5S. The predicted molar refractivity (Wildman–Crippen MR) is 120 cm³/mol. The SMILES string of the molecule is CCOC(=O)C1CCCN(C(=O)Cn2cc(S(=O)(=O)c3ccccc3)c3ccccc32)C1. The second-order valence-corrected chi connectivity index (χ2v) is 9.80. The normalized spacial score (nSPS) is 16.8. The molecule has 1 fully saturated rings. The minimum Gasteiger partial charge on any atom is -0.466 e. The number of para-hydroxylation sites is 1. The number of likely N-dealkylation sites (tertiary alicyclic amines) is 1. The van der Waals surface area contributed by atoms with Crippen LogP contribution in [0.25, 0.3) is 10.9 Å². The third-order valence-electron chi connectivity index (χ3n) is 5.79. The molecular weight excluding hydrogens is 428 g/mol. The number of aromatic nitrogens is 1. The first-order chi connectivity index (χ1) is 15.4. The van der Waals surface area contributed by atoms with E-state index in [1.54, 1.807) is 58.9 Å². The first-order valence-corrected chi connectivity index (χ1v) is 12.2. The number of ether oxygens (including phenoxy) is 1. The molecule has 2 heterocycles. The Morgan fingerprint density at radius 2 is 1.78 bits per heavy atom. The van der Waals surface area contributed by atoms with E-state index in [4.69, 9.17) is 4.74 Å². The number of amides is 1. The van der Waals surface area contributed by atoms with Crippen molar-refractivity contribution in [2.45, 2.75) is 36.1 Å². The van der Waals surface area contributed by atoms with Crippen LogP contribution in [0.2, 0.25) is 0 Å². The summed E-state index contributed by atoms with van der Waals surface area (Å²) in [5.41, 5.74) is 0.675. The summed E-state index contributed by atoms with van der Waals surface area (Å²) in [6, 6.07) is 15.4. The van der Waals surface area contributed by atoms with Gasteiger partial charge in [-0.05, 0) is 38.0 Å². The lowest BCUT2D eigenvalue weighted by Gasteiger charge is -2.31. The molecule has 8 heteroatoms. The topological polar surface area (TPSA) is 85.7 Å². The van der Waals surface area contributed by atoms with E-state index in [1.807, 2.05) is 12.1 Å². The van der Waals surface area contributed by atoms with Gasteiger partial charge in [0.1, 0.15) is 6.54 Å². The zero-order valence-corrected chi connectivity index (χ0v) is 18.8. The minimum absolute atomic E-state index is 0.000365. The number of sulfone groups is 1. The Morgan fingerprint density at radius 1 is 1.06 bits per heavy atom. The fourth-order valence-electron chi connectivity index (χ4n) is 4.19. The summed E-state index contributed by atoms with van der Waals surface area (Å²) in [5.74, 6) is -0.737. The van der Waals surface area contributed by atoms with E-state index in [1.165, 1.54) is 6.20 Å². The number of rotatable bonds is 6. The molecule has 1 unspecified atom stereocenters. The molecule has 32 heavy (non-hydrogen) atoms. The van der Waals surface area contributed by atoms with Gasteiger partial charge in [-0.2, -0.15) is 0 Å². The van der Waals surface area contributed by atoms with Gasteiger partial charge in [-0.1, -0.05) is 36.4 Å². The predicted octanol–water partition coefficient (Wildman–Crippen LogP) is 3.28. The Balaban J connectivity index is 1.62. The van der Waals surface area contributed by atoms with Gasteiger partial charge in [0.25, 0.3) is 0 Å². The highest BCUT2D eigenvalue weighted by molar-refractivity contribution is 7.91. The van der Waals surface area contributed by atoms with E-state index in [0.29, 0.717) is 37.0 Å². The molecule has 0 radical (unpaired) electrons. The second kappa shape index (κ2) is 9.16. The molecule has 0 saturated carbocycles. The van der Waals surface area contributed by atoms with Crippen LogP contribution < -0.4 is 0 Å². The number of piperidine rings is 1. The zero-order chi connectivity index (χ0) is 22.7. The third-order valence-corrected chi connectivity index (χ3v) is 7.59. The molecule has 4 rings (SSSR count). The molecule has 1 atom stereocenters. The molecule has 0 spiro atoms. The number of nitrogens with zero attached hydrogens (tertiary/aromatic N) is 2.